The van der Waals surface area contributed by atoms with E-state index < -0.39 is 5.97 Å². The van der Waals surface area contributed by atoms with Gasteiger partial charge in [-0.15, -0.1) is 0 Å². The van der Waals surface area contributed by atoms with Crippen LogP contribution < -0.4 is 5.32 Å². The summed E-state index contributed by atoms with van der Waals surface area (Å²) in [4.78, 5) is 10.8. The van der Waals surface area contributed by atoms with Crippen molar-refractivity contribution in [3.63, 3.8) is 0 Å². The van der Waals surface area contributed by atoms with E-state index in [1.54, 1.807) is 0 Å². The maximum absolute atomic E-state index is 10.8. The molecule has 3 heteroatoms. The molecule has 0 aliphatic rings. The van der Waals surface area contributed by atoms with Crippen LogP contribution in [-0.2, 0) is 4.79 Å². The first-order chi connectivity index (χ1) is 6.72. The van der Waals surface area contributed by atoms with Gasteiger partial charge in [-0.3, -0.25) is 4.79 Å². The zero-order valence-electron chi connectivity index (χ0n) is 9.12. The summed E-state index contributed by atoms with van der Waals surface area (Å²) in [5, 5.41) is 12.0. The Kier molecular flexibility index (Phi) is 8.24. The normalized spacial score (nSPS) is 13.3. The van der Waals surface area contributed by atoms with Crippen LogP contribution in [-0.4, -0.2) is 24.2 Å². The van der Waals surface area contributed by atoms with Gasteiger partial charge in [-0.25, -0.2) is 0 Å². The number of hydrogen-bond donors (Lipinski definition) is 2. The Balaban J connectivity index is 3.78. The second-order valence-corrected chi connectivity index (χ2v) is 3.35. The third kappa shape index (κ3) is 6.66. The monoisotopic (exact) mass is 199 g/mol. The summed E-state index contributed by atoms with van der Waals surface area (Å²) in [6.45, 7) is 5.57. The lowest BCUT2D eigenvalue weighted by atomic mass is 10.1. The third-order valence-electron chi connectivity index (χ3n) is 1.99. The lowest BCUT2D eigenvalue weighted by Gasteiger charge is -2.10. The molecule has 82 valence electrons. The van der Waals surface area contributed by atoms with Crippen molar-refractivity contribution in [1.82, 2.24) is 5.32 Å². The van der Waals surface area contributed by atoms with E-state index in [4.69, 9.17) is 5.11 Å². The molecule has 1 unspecified atom stereocenters. The highest BCUT2D eigenvalue weighted by atomic mass is 16.4. The molecule has 14 heavy (non-hydrogen) atoms. The van der Waals surface area contributed by atoms with Crippen LogP contribution in [0.1, 0.15) is 33.1 Å². The summed E-state index contributed by atoms with van der Waals surface area (Å²) in [6, 6.07) is 0. The summed E-state index contributed by atoms with van der Waals surface area (Å²) in [5.74, 6) is -1.00. The summed E-state index contributed by atoms with van der Waals surface area (Å²) < 4.78 is 0. The van der Waals surface area contributed by atoms with Gasteiger partial charge < -0.3 is 10.4 Å². The molecule has 0 saturated carbocycles. The van der Waals surface area contributed by atoms with Crippen molar-refractivity contribution >= 4 is 5.97 Å². The molecule has 0 saturated heterocycles. The molecule has 0 aliphatic heterocycles. The van der Waals surface area contributed by atoms with Crippen molar-refractivity contribution < 1.29 is 9.90 Å². The lowest BCUT2D eigenvalue weighted by Crippen LogP contribution is -2.28. The third-order valence-corrected chi connectivity index (χ3v) is 1.99. The summed E-state index contributed by atoms with van der Waals surface area (Å²) >= 11 is 0. The number of rotatable bonds is 8. The Labute approximate surface area is 86.2 Å². The van der Waals surface area contributed by atoms with Gasteiger partial charge in [0.1, 0.15) is 0 Å². The van der Waals surface area contributed by atoms with Crippen molar-refractivity contribution in [3.05, 3.63) is 12.2 Å². The van der Waals surface area contributed by atoms with Crippen LogP contribution in [0.15, 0.2) is 12.2 Å². The Bertz CT molecular complexity index is 178. The highest BCUT2D eigenvalue weighted by Crippen LogP contribution is 2.03. The second-order valence-electron chi connectivity index (χ2n) is 3.35. The molecule has 0 heterocycles. The number of carbonyl (C=O) groups is 1. The molecule has 0 amide bonds. The number of carboxylic acids is 1. The average Bonchev–Trinajstić information content (AvgIpc) is 2.15. The highest BCUT2D eigenvalue weighted by molar-refractivity contribution is 5.70. The topological polar surface area (TPSA) is 49.3 Å². The minimum Gasteiger partial charge on any atom is -0.481 e. The van der Waals surface area contributed by atoms with Gasteiger partial charge in [0.2, 0.25) is 0 Å². The van der Waals surface area contributed by atoms with Crippen LogP contribution in [0, 0.1) is 5.92 Å². The van der Waals surface area contributed by atoms with Crippen molar-refractivity contribution in [2.45, 2.75) is 33.1 Å². The molecule has 0 aromatic rings. The van der Waals surface area contributed by atoms with E-state index in [1.807, 2.05) is 19.1 Å². The van der Waals surface area contributed by atoms with E-state index in [0.717, 1.165) is 19.4 Å². The van der Waals surface area contributed by atoms with E-state index in [2.05, 4.69) is 12.2 Å². The molecule has 0 aromatic heterocycles. The minimum atomic E-state index is -0.714. The quantitative estimate of drug-likeness (QED) is 0.464. The fraction of sp³-hybridized carbons (Fsp3) is 0.727. The molecule has 0 rings (SSSR count). The van der Waals surface area contributed by atoms with Crippen molar-refractivity contribution in [2.24, 2.45) is 5.92 Å². The van der Waals surface area contributed by atoms with E-state index >= 15 is 0 Å². The lowest BCUT2D eigenvalue weighted by molar-refractivity contribution is -0.141. The van der Waals surface area contributed by atoms with Gasteiger partial charge in [0.05, 0.1) is 5.92 Å². The van der Waals surface area contributed by atoms with Gasteiger partial charge in [0.15, 0.2) is 0 Å². The van der Waals surface area contributed by atoms with E-state index in [1.165, 1.54) is 0 Å². The standard InChI is InChI=1S/C11H21NO2/c1-3-5-6-7-10(11(13)14)9-12-8-4-2/h5-6,10,12H,3-4,7-9H2,1-2H3,(H,13,14)/b6-5-. The van der Waals surface area contributed by atoms with Gasteiger partial charge in [0.25, 0.3) is 0 Å². The number of allylic oxidation sites excluding steroid dienone is 2. The number of carboxylic acid groups (broad SMARTS) is 1. The molecule has 0 aliphatic carbocycles. The Morgan fingerprint density at radius 3 is 2.64 bits per heavy atom. The van der Waals surface area contributed by atoms with Crippen LogP contribution >= 0.6 is 0 Å². The Hall–Kier alpha value is -0.830. The zero-order valence-corrected chi connectivity index (χ0v) is 9.12. The summed E-state index contributed by atoms with van der Waals surface area (Å²) in [7, 11) is 0. The molecule has 0 bridgehead atoms. The predicted octanol–water partition coefficient (Wildman–Crippen LogP) is 2.04. The van der Waals surface area contributed by atoms with Crippen LogP contribution in [0.2, 0.25) is 0 Å². The fourth-order valence-electron chi connectivity index (χ4n) is 1.15. The first-order valence-corrected chi connectivity index (χ1v) is 5.30. The van der Waals surface area contributed by atoms with Gasteiger partial charge in [-0.2, -0.15) is 0 Å². The molecule has 3 nitrogen and oxygen atoms in total. The van der Waals surface area contributed by atoms with Gasteiger partial charge in [-0.05, 0) is 25.8 Å². The average molecular weight is 199 g/mol. The van der Waals surface area contributed by atoms with Crippen LogP contribution in [0.3, 0.4) is 0 Å². The van der Waals surface area contributed by atoms with Gasteiger partial charge in [-0.1, -0.05) is 26.0 Å². The molecule has 1 atom stereocenters. The minimum absolute atomic E-state index is 0.288. The number of nitrogens with one attached hydrogen (secondary N) is 1. The van der Waals surface area contributed by atoms with E-state index in [0.29, 0.717) is 13.0 Å². The number of hydrogen-bond acceptors (Lipinski definition) is 2. The first kappa shape index (κ1) is 13.2. The Morgan fingerprint density at radius 2 is 2.14 bits per heavy atom. The molecule has 0 fully saturated rings. The highest BCUT2D eigenvalue weighted by Gasteiger charge is 2.14. The zero-order chi connectivity index (χ0) is 10.8. The largest absolute Gasteiger partial charge is 0.481 e. The van der Waals surface area contributed by atoms with Gasteiger partial charge >= 0.3 is 5.97 Å². The fourth-order valence-corrected chi connectivity index (χ4v) is 1.15. The smallest absolute Gasteiger partial charge is 0.308 e. The Morgan fingerprint density at radius 1 is 1.43 bits per heavy atom. The molecule has 0 radical (unpaired) electrons. The van der Waals surface area contributed by atoms with Crippen LogP contribution in [0.4, 0.5) is 0 Å². The maximum atomic E-state index is 10.8. The van der Waals surface area contributed by atoms with E-state index in [9.17, 15) is 4.79 Å². The second kappa shape index (κ2) is 8.75. The molecule has 2 N–H and O–H groups in total. The maximum Gasteiger partial charge on any atom is 0.308 e. The van der Waals surface area contributed by atoms with Crippen LogP contribution in [0.25, 0.3) is 0 Å². The van der Waals surface area contributed by atoms with E-state index in [-0.39, 0.29) is 5.92 Å². The molecule has 0 spiro atoms. The number of aliphatic carboxylic acids is 1. The molecule has 0 aromatic carbocycles. The summed E-state index contributed by atoms with van der Waals surface area (Å²) in [6.07, 6.45) is 6.59. The first-order valence-electron chi connectivity index (χ1n) is 5.30. The van der Waals surface area contributed by atoms with Crippen LogP contribution in [0.5, 0.6) is 0 Å². The van der Waals surface area contributed by atoms with Crippen molar-refractivity contribution in [3.8, 4) is 0 Å². The van der Waals surface area contributed by atoms with Gasteiger partial charge in [0, 0.05) is 6.54 Å². The van der Waals surface area contributed by atoms with Crippen molar-refractivity contribution in [2.75, 3.05) is 13.1 Å². The molecular weight excluding hydrogens is 178 g/mol. The predicted molar refractivity (Wildman–Crippen MR) is 58.3 cm³/mol. The molecular formula is C11H21NO2. The summed E-state index contributed by atoms with van der Waals surface area (Å²) in [5.41, 5.74) is 0. The van der Waals surface area contributed by atoms with Crippen molar-refractivity contribution in [1.29, 1.82) is 0 Å². The SMILES string of the molecule is CC/C=C\CC(CNCCC)C(=O)O.